The minimum atomic E-state index is -2.84. The van der Waals surface area contributed by atoms with Crippen LogP contribution in [0.5, 0.6) is 0 Å². The molecule has 4 nitrogen and oxygen atoms in total. The number of halogens is 3. The number of carboxylic acids is 1. The Labute approximate surface area is 103 Å². The van der Waals surface area contributed by atoms with Crippen molar-refractivity contribution in [2.45, 2.75) is 12.8 Å². The van der Waals surface area contributed by atoms with Crippen molar-refractivity contribution in [3.63, 3.8) is 0 Å². The van der Waals surface area contributed by atoms with E-state index in [2.05, 4.69) is 4.98 Å². The highest BCUT2D eigenvalue weighted by Crippen LogP contribution is 2.24. The Hall–Kier alpha value is -1.30. The average Bonchev–Trinajstić information content (AvgIpc) is 2.19. The molecule has 0 aliphatic rings. The van der Waals surface area contributed by atoms with Gasteiger partial charge < -0.3 is 5.11 Å². The van der Waals surface area contributed by atoms with E-state index < -0.39 is 24.4 Å². The molecule has 1 N–H and O–H groups in total. The van der Waals surface area contributed by atoms with Crippen LogP contribution in [0.3, 0.4) is 0 Å². The van der Waals surface area contributed by atoms with Crippen molar-refractivity contribution in [3.05, 3.63) is 26.6 Å². The molecular formula is C9H5F2IN2O2. The Morgan fingerprint density at radius 3 is 2.75 bits per heavy atom. The van der Waals surface area contributed by atoms with E-state index in [1.54, 1.807) is 28.7 Å². The predicted molar refractivity (Wildman–Crippen MR) is 58.0 cm³/mol. The molecule has 1 aromatic heterocycles. The number of aliphatic carboxylic acids is 1. The number of alkyl halides is 2. The van der Waals surface area contributed by atoms with Gasteiger partial charge in [0.2, 0.25) is 0 Å². The monoisotopic (exact) mass is 338 g/mol. The van der Waals surface area contributed by atoms with E-state index in [1.165, 1.54) is 0 Å². The molecule has 84 valence electrons. The van der Waals surface area contributed by atoms with Gasteiger partial charge in [0.15, 0.2) is 5.69 Å². The number of pyridine rings is 1. The van der Waals surface area contributed by atoms with Crippen molar-refractivity contribution in [3.8, 4) is 6.07 Å². The van der Waals surface area contributed by atoms with Crippen LogP contribution in [-0.4, -0.2) is 16.1 Å². The molecule has 1 heterocycles. The third kappa shape index (κ3) is 2.85. The summed E-state index contributed by atoms with van der Waals surface area (Å²) in [5.74, 6) is -1.13. The molecule has 0 unspecified atom stereocenters. The van der Waals surface area contributed by atoms with Gasteiger partial charge in [-0.3, -0.25) is 4.79 Å². The Morgan fingerprint density at radius 2 is 2.31 bits per heavy atom. The fourth-order valence-electron chi connectivity index (χ4n) is 1.09. The van der Waals surface area contributed by atoms with Gasteiger partial charge in [0.25, 0.3) is 6.43 Å². The van der Waals surface area contributed by atoms with Crippen molar-refractivity contribution in [1.29, 1.82) is 5.26 Å². The Kier molecular flexibility index (Phi) is 4.12. The predicted octanol–water partition coefficient (Wildman–Crippen LogP) is 2.12. The number of carboxylic acid groups (broad SMARTS) is 1. The molecule has 0 saturated carbocycles. The van der Waals surface area contributed by atoms with Crippen LogP contribution in [0.1, 0.15) is 23.2 Å². The van der Waals surface area contributed by atoms with Crippen LogP contribution < -0.4 is 0 Å². The first-order valence-corrected chi connectivity index (χ1v) is 5.13. The van der Waals surface area contributed by atoms with Gasteiger partial charge in [-0.2, -0.15) is 5.26 Å². The number of hydrogen-bond acceptors (Lipinski definition) is 3. The van der Waals surface area contributed by atoms with Crippen molar-refractivity contribution in [1.82, 2.24) is 4.98 Å². The summed E-state index contributed by atoms with van der Waals surface area (Å²) < 4.78 is 25.3. The molecule has 0 radical (unpaired) electrons. The van der Waals surface area contributed by atoms with Crippen LogP contribution in [0.2, 0.25) is 0 Å². The number of nitriles is 1. The molecule has 0 atom stereocenters. The number of rotatable bonds is 3. The molecule has 0 amide bonds. The van der Waals surface area contributed by atoms with Gasteiger partial charge in [0.1, 0.15) is 9.77 Å². The quantitative estimate of drug-likeness (QED) is 0.677. The summed E-state index contributed by atoms with van der Waals surface area (Å²) >= 11 is 1.71. The summed E-state index contributed by atoms with van der Waals surface area (Å²) in [6.45, 7) is 0. The van der Waals surface area contributed by atoms with Crippen LogP contribution in [-0.2, 0) is 11.2 Å². The van der Waals surface area contributed by atoms with Crippen molar-refractivity contribution in [2.24, 2.45) is 0 Å². The zero-order valence-electron chi connectivity index (χ0n) is 7.75. The lowest BCUT2D eigenvalue weighted by atomic mass is 10.1. The first kappa shape index (κ1) is 12.8. The van der Waals surface area contributed by atoms with Crippen molar-refractivity contribution < 1.29 is 18.7 Å². The molecule has 1 aromatic rings. The first-order valence-electron chi connectivity index (χ1n) is 4.05. The van der Waals surface area contributed by atoms with Gasteiger partial charge in [0, 0.05) is 0 Å². The smallest absolute Gasteiger partial charge is 0.307 e. The second-order valence-electron chi connectivity index (χ2n) is 2.86. The van der Waals surface area contributed by atoms with Crippen LogP contribution in [0.4, 0.5) is 8.78 Å². The zero-order valence-corrected chi connectivity index (χ0v) is 9.90. The molecule has 0 aliphatic heterocycles. The Morgan fingerprint density at radius 1 is 1.69 bits per heavy atom. The average molecular weight is 338 g/mol. The highest BCUT2D eigenvalue weighted by Gasteiger charge is 2.18. The number of hydrogen-bond donors (Lipinski definition) is 1. The molecule has 0 aliphatic carbocycles. The van der Waals surface area contributed by atoms with E-state index >= 15 is 0 Å². The van der Waals surface area contributed by atoms with Crippen molar-refractivity contribution in [2.75, 3.05) is 0 Å². The summed E-state index contributed by atoms with van der Waals surface area (Å²) in [4.78, 5) is 14.1. The minimum absolute atomic E-state index is 0.183. The summed E-state index contributed by atoms with van der Waals surface area (Å²) in [5.41, 5.74) is -0.713. The lowest BCUT2D eigenvalue weighted by molar-refractivity contribution is -0.136. The molecule has 0 saturated heterocycles. The molecule has 16 heavy (non-hydrogen) atoms. The third-order valence-electron chi connectivity index (χ3n) is 1.76. The number of nitrogens with zero attached hydrogens (tertiary/aromatic N) is 2. The number of carbonyl (C=O) groups is 1. The van der Waals surface area contributed by atoms with Crippen LogP contribution in [0, 0.1) is 15.0 Å². The third-order valence-corrected chi connectivity index (χ3v) is 2.69. The zero-order chi connectivity index (χ0) is 12.3. The molecule has 7 heteroatoms. The SMILES string of the molecule is N#Cc1nc(I)c(CC(=O)O)cc1C(F)F. The fourth-order valence-corrected chi connectivity index (χ4v) is 1.68. The van der Waals surface area contributed by atoms with E-state index in [0.717, 1.165) is 6.07 Å². The van der Waals surface area contributed by atoms with Gasteiger partial charge in [-0.15, -0.1) is 0 Å². The van der Waals surface area contributed by atoms with E-state index in [1.807, 2.05) is 0 Å². The topological polar surface area (TPSA) is 74.0 Å². The molecule has 0 aromatic carbocycles. The minimum Gasteiger partial charge on any atom is -0.481 e. The van der Waals surface area contributed by atoms with E-state index in [0.29, 0.717) is 0 Å². The summed E-state index contributed by atoms with van der Waals surface area (Å²) in [6.07, 6.45) is -3.23. The second kappa shape index (κ2) is 5.16. The molecule has 0 fully saturated rings. The maximum absolute atomic E-state index is 12.5. The lowest BCUT2D eigenvalue weighted by Crippen LogP contribution is -2.07. The van der Waals surface area contributed by atoms with Gasteiger partial charge in [-0.1, -0.05) is 0 Å². The molecule has 0 bridgehead atoms. The highest BCUT2D eigenvalue weighted by atomic mass is 127. The molecule has 0 spiro atoms. The summed E-state index contributed by atoms with van der Waals surface area (Å²) in [5, 5.41) is 17.2. The fraction of sp³-hybridized carbons (Fsp3) is 0.222. The lowest BCUT2D eigenvalue weighted by Gasteiger charge is -2.06. The van der Waals surface area contributed by atoms with Gasteiger partial charge in [-0.25, -0.2) is 13.8 Å². The van der Waals surface area contributed by atoms with Crippen LogP contribution >= 0.6 is 22.6 Å². The summed E-state index contributed by atoms with van der Waals surface area (Å²) in [6, 6.07) is 2.57. The first-order chi connectivity index (χ1) is 7.45. The maximum atomic E-state index is 12.5. The van der Waals surface area contributed by atoms with Crippen molar-refractivity contribution >= 4 is 28.6 Å². The number of aromatic nitrogens is 1. The normalized spacial score (nSPS) is 10.2. The van der Waals surface area contributed by atoms with Gasteiger partial charge in [-0.05, 0) is 34.2 Å². The maximum Gasteiger partial charge on any atom is 0.307 e. The largest absolute Gasteiger partial charge is 0.481 e. The van der Waals surface area contributed by atoms with Gasteiger partial charge >= 0.3 is 5.97 Å². The van der Waals surface area contributed by atoms with E-state index in [-0.39, 0.29) is 15.0 Å². The Bertz CT molecular complexity index is 471. The van der Waals surface area contributed by atoms with E-state index in [9.17, 15) is 13.6 Å². The molecular weight excluding hydrogens is 333 g/mol. The van der Waals surface area contributed by atoms with E-state index in [4.69, 9.17) is 10.4 Å². The second-order valence-corrected chi connectivity index (χ2v) is 3.88. The van der Waals surface area contributed by atoms with Crippen LogP contribution in [0.15, 0.2) is 6.07 Å². The Balaban J connectivity index is 3.28. The summed E-state index contributed by atoms with van der Waals surface area (Å²) in [7, 11) is 0. The molecule has 1 rings (SSSR count). The van der Waals surface area contributed by atoms with Gasteiger partial charge in [0.05, 0.1) is 12.0 Å². The highest BCUT2D eigenvalue weighted by molar-refractivity contribution is 14.1. The standard InChI is InChI=1S/C9H5F2IN2O2/c10-8(11)5-1-4(2-7(15)16)9(12)14-6(5)3-13/h1,8H,2H2,(H,15,16). The van der Waals surface area contributed by atoms with Crippen LogP contribution in [0.25, 0.3) is 0 Å².